The minimum atomic E-state index is -4.96. The molecule has 0 heterocycles. The number of carbonyl (C=O) groups is 4. The highest BCUT2D eigenvalue weighted by Crippen LogP contribution is 2.45. The summed E-state index contributed by atoms with van der Waals surface area (Å²) < 4.78 is 68.4. The fourth-order valence-electron chi connectivity index (χ4n) is 11.5. The van der Waals surface area contributed by atoms with Crippen LogP contribution in [0.1, 0.15) is 383 Å². The largest absolute Gasteiger partial charge is 0.472 e. The number of unbranched alkanes of at least 4 members (excludes halogenated alkanes) is 38. The van der Waals surface area contributed by atoms with E-state index in [1.807, 2.05) is 0 Å². The van der Waals surface area contributed by atoms with E-state index in [0.29, 0.717) is 31.6 Å². The molecule has 0 aliphatic carbocycles. The molecule has 0 aromatic carbocycles. The van der Waals surface area contributed by atoms with Crippen molar-refractivity contribution >= 4 is 39.5 Å². The third kappa shape index (κ3) is 69.0. The second-order valence-corrected chi connectivity index (χ2v) is 32.0. The number of rotatable bonds is 73. The minimum absolute atomic E-state index is 0.103. The van der Waals surface area contributed by atoms with E-state index >= 15 is 0 Å². The Bertz CT molecular complexity index is 1870. The number of aliphatic hydroxyl groups excluding tert-OH is 1. The number of hydrogen-bond donors (Lipinski definition) is 3. The van der Waals surface area contributed by atoms with Crippen molar-refractivity contribution < 1.29 is 80.2 Å². The molecule has 6 atom stereocenters. The molecule has 3 N–H and O–H groups in total. The van der Waals surface area contributed by atoms with Gasteiger partial charge in [-0.1, -0.05) is 331 Å². The van der Waals surface area contributed by atoms with Gasteiger partial charge < -0.3 is 33.8 Å². The van der Waals surface area contributed by atoms with Crippen LogP contribution in [0, 0.1) is 23.7 Å². The first-order chi connectivity index (χ1) is 45.6. The molecular weight excluding hydrogens is 1250 g/mol. The van der Waals surface area contributed by atoms with Crippen LogP contribution in [0.5, 0.6) is 0 Å². The number of carbonyl (C=O) groups excluding carboxylic acids is 4. The smallest absolute Gasteiger partial charge is 0.462 e. The summed E-state index contributed by atoms with van der Waals surface area (Å²) >= 11 is 0. The van der Waals surface area contributed by atoms with Gasteiger partial charge in [-0.05, 0) is 49.4 Å². The Morgan fingerprint density at radius 2 is 0.505 bits per heavy atom. The van der Waals surface area contributed by atoms with E-state index in [4.69, 9.17) is 37.0 Å². The van der Waals surface area contributed by atoms with Gasteiger partial charge >= 0.3 is 39.5 Å². The fraction of sp³-hybridized carbons (Fsp3) is 0.947. The maximum absolute atomic E-state index is 13.1. The van der Waals surface area contributed by atoms with Crippen LogP contribution in [0.3, 0.4) is 0 Å². The molecule has 564 valence electrons. The van der Waals surface area contributed by atoms with Crippen molar-refractivity contribution in [2.24, 2.45) is 23.7 Å². The molecule has 0 saturated heterocycles. The summed E-state index contributed by atoms with van der Waals surface area (Å²) in [5.41, 5.74) is 0. The zero-order chi connectivity index (χ0) is 70.3. The molecule has 0 bridgehead atoms. The molecule has 0 aliphatic heterocycles. The Morgan fingerprint density at radius 3 is 0.747 bits per heavy atom. The lowest BCUT2D eigenvalue weighted by atomic mass is 9.99. The van der Waals surface area contributed by atoms with Gasteiger partial charge in [0, 0.05) is 25.7 Å². The quantitative estimate of drug-likeness (QED) is 0.0222. The number of hydrogen-bond acceptors (Lipinski definition) is 15. The van der Waals surface area contributed by atoms with Crippen molar-refractivity contribution in [3.05, 3.63) is 0 Å². The summed E-state index contributed by atoms with van der Waals surface area (Å²) in [5, 5.41) is 10.6. The first kappa shape index (κ1) is 93.1. The number of esters is 4. The molecule has 17 nitrogen and oxygen atoms in total. The third-order valence-corrected chi connectivity index (χ3v) is 19.8. The van der Waals surface area contributed by atoms with E-state index in [1.54, 1.807) is 0 Å². The lowest BCUT2D eigenvalue weighted by Gasteiger charge is -2.21. The summed E-state index contributed by atoms with van der Waals surface area (Å²) in [6.07, 6.45) is 50.2. The Balaban J connectivity index is 5.18. The van der Waals surface area contributed by atoms with E-state index < -0.39 is 97.5 Å². The number of aliphatic hydroxyl groups is 1. The fourth-order valence-corrected chi connectivity index (χ4v) is 13.1. The molecule has 0 amide bonds. The standard InChI is InChI=1S/C76H148O17P2/c1-9-69(8)55-47-39-31-22-18-16-14-12-10-11-13-15-17-19-23-34-42-50-58-75(80)92-71(62-86-73(78)56-48-40-32-24-20-21-28-36-44-52-66(2)3)64-90-94(82,83)88-60-70(77)61-89-95(84,85)91-65-72(93-76(81)59-51-43-35-27-30-38-46-54-68(6)7)63-87-74(79)57-49-41-33-26-25-29-37-45-53-67(4)5/h66-72,77H,9-65H2,1-8H3,(H,82,83)(H,84,85)/t69?,70?,71-,72-/m1/s1. The molecule has 0 rings (SSSR count). The predicted molar refractivity (Wildman–Crippen MR) is 386 cm³/mol. The average Bonchev–Trinajstić information content (AvgIpc) is 3.56. The number of ether oxygens (including phenoxy) is 4. The lowest BCUT2D eigenvalue weighted by Crippen LogP contribution is -2.30. The monoisotopic (exact) mass is 1400 g/mol. The third-order valence-electron chi connectivity index (χ3n) is 17.9. The minimum Gasteiger partial charge on any atom is -0.462 e. The van der Waals surface area contributed by atoms with Gasteiger partial charge in [0.15, 0.2) is 12.2 Å². The maximum Gasteiger partial charge on any atom is 0.472 e. The molecule has 19 heteroatoms. The first-order valence-electron chi connectivity index (χ1n) is 39.2. The van der Waals surface area contributed by atoms with Crippen LogP contribution < -0.4 is 0 Å². The summed E-state index contributed by atoms with van der Waals surface area (Å²) in [4.78, 5) is 72.7. The number of phosphoric ester groups is 2. The van der Waals surface area contributed by atoms with Crippen LogP contribution in [0.4, 0.5) is 0 Å². The Hall–Kier alpha value is -1.94. The van der Waals surface area contributed by atoms with Crippen LogP contribution in [0.25, 0.3) is 0 Å². The maximum atomic E-state index is 13.1. The topological polar surface area (TPSA) is 237 Å². The van der Waals surface area contributed by atoms with Gasteiger partial charge in [0.25, 0.3) is 0 Å². The zero-order valence-electron chi connectivity index (χ0n) is 62.3. The number of phosphoric acid groups is 2. The Kier molecular flexibility index (Phi) is 64.0. The molecule has 4 unspecified atom stereocenters. The van der Waals surface area contributed by atoms with E-state index in [1.165, 1.54) is 186 Å². The van der Waals surface area contributed by atoms with Crippen LogP contribution in [-0.4, -0.2) is 96.7 Å². The summed E-state index contributed by atoms with van der Waals surface area (Å²) in [5.74, 6) is 0.912. The van der Waals surface area contributed by atoms with Crippen molar-refractivity contribution in [2.45, 2.75) is 401 Å². The molecule has 0 aromatic rings. The highest BCUT2D eigenvalue weighted by atomic mass is 31.2. The van der Waals surface area contributed by atoms with Crippen LogP contribution in [0.2, 0.25) is 0 Å². The molecule has 0 aromatic heterocycles. The Labute approximate surface area is 581 Å². The van der Waals surface area contributed by atoms with Crippen molar-refractivity contribution in [1.82, 2.24) is 0 Å². The van der Waals surface area contributed by atoms with Gasteiger partial charge in [-0.3, -0.25) is 37.3 Å². The van der Waals surface area contributed by atoms with E-state index in [2.05, 4.69) is 55.4 Å². The molecular formula is C76H148O17P2. The SMILES string of the molecule is CCC(C)CCCCCCCCCCCCCCCCCCCCC(=O)O[C@H](COC(=O)CCCCCCCCCCCC(C)C)COP(=O)(O)OCC(O)COP(=O)(O)OC[C@@H](COC(=O)CCCCCCCCCCC(C)C)OC(=O)CCCCCCCCCC(C)C. The van der Waals surface area contributed by atoms with E-state index in [0.717, 1.165) is 108 Å². The second kappa shape index (κ2) is 65.4. The van der Waals surface area contributed by atoms with Gasteiger partial charge in [0.2, 0.25) is 0 Å². The first-order valence-corrected chi connectivity index (χ1v) is 42.2. The molecule has 0 radical (unpaired) electrons. The van der Waals surface area contributed by atoms with Crippen LogP contribution in [0.15, 0.2) is 0 Å². The van der Waals surface area contributed by atoms with E-state index in [-0.39, 0.29) is 25.7 Å². The Morgan fingerprint density at radius 1 is 0.295 bits per heavy atom. The van der Waals surface area contributed by atoms with Crippen LogP contribution >= 0.6 is 15.6 Å². The summed E-state index contributed by atoms with van der Waals surface area (Å²) in [6, 6.07) is 0. The van der Waals surface area contributed by atoms with Crippen molar-refractivity contribution in [3.63, 3.8) is 0 Å². The normalized spacial score (nSPS) is 14.4. The van der Waals surface area contributed by atoms with E-state index in [9.17, 15) is 43.2 Å². The predicted octanol–water partition coefficient (Wildman–Crippen LogP) is 22.0. The summed E-state index contributed by atoms with van der Waals surface area (Å²) in [6.45, 7) is 14.1. The van der Waals surface area contributed by atoms with Gasteiger partial charge in [-0.2, -0.15) is 0 Å². The molecule has 0 saturated carbocycles. The van der Waals surface area contributed by atoms with Gasteiger partial charge in [0.1, 0.15) is 19.3 Å². The second-order valence-electron chi connectivity index (χ2n) is 29.1. The average molecular weight is 1400 g/mol. The van der Waals surface area contributed by atoms with Crippen LogP contribution in [-0.2, 0) is 65.4 Å². The van der Waals surface area contributed by atoms with Gasteiger partial charge in [-0.15, -0.1) is 0 Å². The highest BCUT2D eigenvalue weighted by molar-refractivity contribution is 7.47. The molecule has 95 heavy (non-hydrogen) atoms. The molecule has 0 spiro atoms. The van der Waals surface area contributed by atoms with Crippen molar-refractivity contribution in [3.8, 4) is 0 Å². The van der Waals surface area contributed by atoms with Crippen molar-refractivity contribution in [2.75, 3.05) is 39.6 Å². The highest BCUT2D eigenvalue weighted by Gasteiger charge is 2.30. The summed E-state index contributed by atoms with van der Waals surface area (Å²) in [7, 11) is -9.91. The lowest BCUT2D eigenvalue weighted by molar-refractivity contribution is -0.161. The molecule has 0 aliphatic rings. The van der Waals surface area contributed by atoms with Gasteiger partial charge in [-0.25, -0.2) is 9.13 Å². The van der Waals surface area contributed by atoms with Crippen molar-refractivity contribution in [1.29, 1.82) is 0 Å². The van der Waals surface area contributed by atoms with Gasteiger partial charge in [0.05, 0.1) is 26.4 Å². The molecule has 0 fully saturated rings. The zero-order valence-corrected chi connectivity index (χ0v) is 64.1.